The van der Waals surface area contributed by atoms with Crippen LogP contribution in [-0.2, 0) is 0 Å². The number of hydrogen-bond donors (Lipinski definition) is 3. The van der Waals surface area contributed by atoms with Gasteiger partial charge in [-0.05, 0) is 13.3 Å². The van der Waals surface area contributed by atoms with Gasteiger partial charge in [-0.25, -0.2) is 5.84 Å². The lowest BCUT2D eigenvalue weighted by molar-refractivity contribution is 0.136. The van der Waals surface area contributed by atoms with Crippen molar-refractivity contribution in [1.82, 2.24) is 15.0 Å². The molecule has 2 heterocycles. The monoisotopic (exact) mass is 267 g/mol. The van der Waals surface area contributed by atoms with Crippen LogP contribution < -0.4 is 21.1 Å². The van der Waals surface area contributed by atoms with Crippen molar-refractivity contribution in [3.8, 4) is 0 Å². The fraction of sp³-hybridized carbons (Fsp3) is 0.727. The van der Waals surface area contributed by atoms with E-state index in [1.54, 1.807) is 4.90 Å². The second kappa shape index (κ2) is 5.54. The van der Waals surface area contributed by atoms with Crippen LogP contribution in [0, 0.1) is 5.92 Å². The van der Waals surface area contributed by atoms with Crippen LogP contribution in [0.5, 0.6) is 0 Å². The summed E-state index contributed by atoms with van der Waals surface area (Å²) in [5.74, 6) is 7.13. The molecule has 1 saturated heterocycles. The molecule has 0 saturated carbocycles. The Morgan fingerprint density at radius 3 is 2.68 bits per heavy atom. The summed E-state index contributed by atoms with van der Waals surface area (Å²) in [7, 11) is 3.73. The lowest BCUT2D eigenvalue weighted by Gasteiger charge is -2.19. The Morgan fingerprint density at radius 1 is 1.42 bits per heavy atom. The molecule has 0 spiro atoms. The van der Waals surface area contributed by atoms with Crippen LogP contribution in [0.3, 0.4) is 0 Å². The number of aliphatic hydroxyl groups excluding tert-OH is 1. The molecule has 0 aromatic carbocycles. The minimum atomic E-state index is -0.313. The van der Waals surface area contributed by atoms with E-state index in [-0.39, 0.29) is 12.0 Å². The van der Waals surface area contributed by atoms with Gasteiger partial charge < -0.3 is 14.9 Å². The minimum absolute atomic E-state index is 0.258. The van der Waals surface area contributed by atoms with Gasteiger partial charge in [-0.1, -0.05) is 0 Å². The van der Waals surface area contributed by atoms with Crippen LogP contribution in [0.2, 0.25) is 0 Å². The van der Waals surface area contributed by atoms with Crippen LogP contribution in [0.1, 0.15) is 13.3 Å². The van der Waals surface area contributed by atoms with Crippen molar-refractivity contribution in [2.75, 3.05) is 42.4 Å². The predicted octanol–water partition coefficient (Wildman–Crippen LogP) is -0.570. The topological polar surface area (TPSA) is 103 Å². The molecule has 8 heteroatoms. The highest BCUT2D eigenvalue weighted by Crippen LogP contribution is 2.24. The van der Waals surface area contributed by atoms with E-state index in [4.69, 9.17) is 5.84 Å². The maximum Gasteiger partial charge on any atom is 0.243 e. The molecular formula is C11H21N7O. The number of hydrazine groups is 1. The van der Waals surface area contributed by atoms with Crippen molar-refractivity contribution >= 4 is 17.8 Å². The molecule has 2 rings (SSSR count). The lowest BCUT2D eigenvalue weighted by atomic mass is 10.0. The normalized spacial score (nSPS) is 20.5. The number of nitrogens with one attached hydrogen (secondary N) is 1. The standard InChI is InChI=1S/C11H21N7O/c1-7(19)8-4-5-18(6-8)11-14-9(16-12)13-10(15-11)17(2)3/h7-8,19H,4-6,12H2,1-3H3,(H,13,14,15,16). The fourth-order valence-corrected chi connectivity index (χ4v) is 2.12. The highest BCUT2D eigenvalue weighted by Gasteiger charge is 2.28. The molecule has 1 aliphatic rings. The molecular weight excluding hydrogens is 246 g/mol. The molecule has 4 N–H and O–H groups in total. The second-order valence-corrected chi connectivity index (χ2v) is 5.03. The van der Waals surface area contributed by atoms with Gasteiger partial charge in [0.15, 0.2) is 0 Å². The van der Waals surface area contributed by atoms with Gasteiger partial charge in [0.25, 0.3) is 0 Å². The Balaban J connectivity index is 2.22. The summed E-state index contributed by atoms with van der Waals surface area (Å²) < 4.78 is 0. The third-order valence-corrected chi connectivity index (χ3v) is 3.33. The summed E-state index contributed by atoms with van der Waals surface area (Å²) in [5, 5.41) is 9.64. The highest BCUT2D eigenvalue weighted by atomic mass is 16.3. The molecule has 19 heavy (non-hydrogen) atoms. The zero-order valence-electron chi connectivity index (χ0n) is 11.5. The Kier molecular flexibility index (Phi) is 4.01. The zero-order chi connectivity index (χ0) is 14.0. The van der Waals surface area contributed by atoms with Crippen molar-refractivity contribution in [2.45, 2.75) is 19.4 Å². The third kappa shape index (κ3) is 3.02. The predicted molar refractivity (Wildman–Crippen MR) is 74.0 cm³/mol. The molecule has 1 aromatic heterocycles. The maximum absolute atomic E-state index is 9.64. The average Bonchev–Trinajstić information content (AvgIpc) is 2.87. The van der Waals surface area contributed by atoms with Crippen LogP contribution in [0.4, 0.5) is 17.8 Å². The van der Waals surface area contributed by atoms with Crippen LogP contribution >= 0.6 is 0 Å². The largest absolute Gasteiger partial charge is 0.393 e. The van der Waals surface area contributed by atoms with Gasteiger partial charge in [0.1, 0.15) is 0 Å². The first-order chi connectivity index (χ1) is 9.01. The Labute approximate surface area is 112 Å². The Morgan fingerprint density at radius 2 is 2.16 bits per heavy atom. The van der Waals surface area contributed by atoms with Crippen molar-refractivity contribution in [3.05, 3.63) is 0 Å². The molecule has 2 atom stereocenters. The van der Waals surface area contributed by atoms with E-state index in [0.29, 0.717) is 17.8 Å². The number of hydrogen-bond acceptors (Lipinski definition) is 8. The molecule has 1 aliphatic heterocycles. The summed E-state index contributed by atoms with van der Waals surface area (Å²) in [6, 6.07) is 0. The molecule has 0 radical (unpaired) electrons. The van der Waals surface area contributed by atoms with E-state index in [1.807, 2.05) is 25.9 Å². The zero-order valence-corrected chi connectivity index (χ0v) is 11.5. The smallest absolute Gasteiger partial charge is 0.243 e. The quantitative estimate of drug-likeness (QED) is 0.492. The molecule has 0 amide bonds. The number of anilines is 3. The summed E-state index contributed by atoms with van der Waals surface area (Å²) in [5.41, 5.74) is 2.46. The van der Waals surface area contributed by atoms with Gasteiger partial charge in [0.05, 0.1) is 6.10 Å². The molecule has 8 nitrogen and oxygen atoms in total. The average molecular weight is 267 g/mol. The lowest BCUT2D eigenvalue weighted by Crippen LogP contribution is -2.27. The van der Waals surface area contributed by atoms with E-state index in [9.17, 15) is 5.11 Å². The Bertz CT molecular complexity index is 437. The van der Waals surface area contributed by atoms with Gasteiger partial charge in [-0.3, -0.25) is 5.43 Å². The first kappa shape index (κ1) is 13.8. The number of aromatic nitrogens is 3. The van der Waals surface area contributed by atoms with Crippen molar-refractivity contribution in [3.63, 3.8) is 0 Å². The maximum atomic E-state index is 9.64. The first-order valence-electron chi connectivity index (χ1n) is 6.34. The highest BCUT2D eigenvalue weighted by molar-refractivity contribution is 5.44. The number of nitrogens with zero attached hydrogens (tertiary/aromatic N) is 5. The van der Waals surface area contributed by atoms with E-state index >= 15 is 0 Å². The van der Waals surface area contributed by atoms with Gasteiger partial charge in [0, 0.05) is 33.1 Å². The van der Waals surface area contributed by atoms with E-state index < -0.39 is 0 Å². The molecule has 0 aliphatic carbocycles. The second-order valence-electron chi connectivity index (χ2n) is 5.03. The van der Waals surface area contributed by atoms with Gasteiger partial charge in [-0.2, -0.15) is 15.0 Å². The third-order valence-electron chi connectivity index (χ3n) is 3.33. The van der Waals surface area contributed by atoms with E-state index in [1.165, 1.54) is 0 Å². The Hall–Kier alpha value is -1.67. The van der Waals surface area contributed by atoms with Crippen molar-refractivity contribution in [2.24, 2.45) is 11.8 Å². The molecule has 1 aromatic rings. The van der Waals surface area contributed by atoms with Gasteiger partial charge in [0.2, 0.25) is 17.8 Å². The van der Waals surface area contributed by atoms with E-state index in [2.05, 4.69) is 20.4 Å². The number of nitrogen functional groups attached to an aromatic ring is 1. The molecule has 106 valence electrons. The summed E-state index contributed by atoms with van der Waals surface area (Å²) in [4.78, 5) is 16.7. The van der Waals surface area contributed by atoms with Gasteiger partial charge in [-0.15, -0.1) is 0 Å². The summed E-state index contributed by atoms with van der Waals surface area (Å²) in [6.45, 7) is 3.40. The van der Waals surface area contributed by atoms with Crippen LogP contribution in [-0.4, -0.2) is 53.3 Å². The molecule has 0 bridgehead atoms. The van der Waals surface area contributed by atoms with Crippen LogP contribution in [0.15, 0.2) is 0 Å². The molecule has 2 unspecified atom stereocenters. The minimum Gasteiger partial charge on any atom is -0.393 e. The number of rotatable bonds is 4. The number of nitrogens with two attached hydrogens (primary N) is 1. The number of aliphatic hydroxyl groups is 1. The van der Waals surface area contributed by atoms with E-state index in [0.717, 1.165) is 19.5 Å². The van der Waals surface area contributed by atoms with Gasteiger partial charge >= 0.3 is 0 Å². The molecule has 1 fully saturated rings. The van der Waals surface area contributed by atoms with Crippen molar-refractivity contribution < 1.29 is 5.11 Å². The summed E-state index contributed by atoms with van der Waals surface area (Å²) in [6.07, 6.45) is 0.624. The fourth-order valence-electron chi connectivity index (χ4n) is 2.12. The first-order valence-corrected chi connectivity index (χ1v) is 6.34. The van der Waals surface area contributed by atoms with Crippen LogP contribution in [0.25, 0.3) is 0 Å². The van der Waals surface area contributed by atoms with Crippen molar-refractivity contribution in [1.29, 1.82) is 0 Å². The SMILES string of the molecule is CC(O)C1CCN(c2nc(NN)nc(N(C)C)n2)C1. The summed E-state index contributed by atoms with van der Waals surface area (Å²) >= 11 is 0.